The molecule has 0 aliphatic rings. The van der Waals surface area contributed by atoms with Crippen LogP contribution in [0.4, 0.5) is 8.78 Å². The summed E-state index contributed by atoms with van der Waals surface area (Å²) in [5, 5.41) is 8.31. The van der Waals surface area contributed by atoms with E-state index in [9.17, 15) is 13.6 Å². The van der Waals surface area contributed by atoms with Gasteiger partial charge in [-0.15, -0.1) is 0 Å². The standard InChI is InChI=1S/C19H16F2N4O/c1-12-17(11-22-23-19(26)16-5-3-4-6-18(16)21)13(2)25(24-12)15-9-7-14(20)8-10-15/h3-11H,1-2H3,(H,23,26)/b22-11-. The van der Waals surface area contributed by atoms with E-state index in [0.29, 0.717) is 16.9 Å². The Hall–Kier alpha value is -3.35. The van der Waals surface area contributed by atoms with Crippen molar-refractivity contribution in [3.63, 3.8) is 0 Å². The maximum atomic E-state index is 13.6. The number of benzene rings is 2. The highest BCUT2D eigenvalue weighted by molar-refractivity contribution is 5.95. The van der Waals surface area contributed by atoms with Crippen molar-refractivity contribution in [2.24, 2.45) is 5.10 Å². The summed E-state index contributed by atoms with van der Waals surface area (Å²) in [5.41, 5.74) is 5.11. The fourth-order valence-corrected chi connectivity index (χ4v) is 2.54. The molecule has 7 heteroatoms. The Bertz CT molecular complexity index is 978. The predicted octanol–water partition coefficient (Wildman–Crippen LogP) is 3.53. The summed E-state index contributed by atoms with van der Waals surface area (Å²) in [5.74, 6) is -1.58. The van der Waals surface area contributed by atoms with Gasteiger partial charge in [0, 0.05) is 5.56 Å². The topological polar surface area (TPSA) is 59.3 Å². The van der Waals surface area contributed by atoms with Crippen molar-refractivity contribution in [3.05, 3.63) is 82.7 Å². The minimum absolute atomic E-state index is 0.0832. The Morgan fingerprint density at radius 3 is 2.50 bits per heavy atom. The van der Waals surface area contributed by atoms with Gasteiger partial charge in [0.25, 0.3) is 5.91 Å². The smallest absolute Gasteiger partial charge is 0.267 e. The maximum Gasteiger partial charge on any atom is 0.274 e. The number of halogens is 2. The molecule has 0 saturated carbocycles. The molecule has 0 unspecified atom stereocenters. The molecule has 1 heterocycles. The van der Waals surface area contributed by atoms with Gasteiger partial charge in [0.05, 0.1) is 28.9 Å². The van der Waals surface area contributed by atoms with E-state index in [1.165, 1.54) is 36.5 Å². The number of hydrogen-bond donors (Lipinski definition) is 1. The van der Waals surface area contributed by atoms with E-state index in [-0.39, 0.29) is 11.4 Å². The zero-order valence-electron chi connectivity index (χ0n) is 14.2. The predicted molar refractivity (Wildman–Crippen MR) is 94.5 cm³/mol. The number of hydrogen-bond acceptors (Lipinski definition) is 3. The summed E-state index contributed by atoms with van der Waals surface area (Å²) >= 11 is 0. The lowest BCUT2D eigenvalue weighted by atomic mass is 10.2. The van der Waals surface area contributed by atoms with Crippen LogP contribution in [-0.2, 0) is 0 Å². The molecule has 1 N–H and O–H groups in total. The molecule has 0 aliphatic carbocycles. The Morgan fingerprint density at radius 2 is 1.81 bits per heavy atom. The van der Waals surface area contributed by atoms with Crippen molar-refractivity contribution in [1.29, 1.82) is 0 Å². The van der Waals surface area contributed by atoms with Crippen LogP contribution >= 0.6 is 0 Å². The first-order chi connectivity index (χ1) is 12.5. The third kappa shape index (κ3) is 3.51. The van der Waals surface area contributed by atoms with Gasteiger partial charge < -0.3 is 0 Å². The van der Waals surface area contributed by atoms with Gasteiger partial charge >= 0.3 is 0 Å². The van der Waals surface area contributed by atoms with E-state index in [1.807, 2.05) is 6.92 Å². The molecule has 0 saturated heterocycles. The normalized spacial score (nSPS) is 11.1. The molecule has 1 amide bonds. The molecule has 2 aromatic carbocycles. The van der Waals surface area contributed by atoms with Crippen molar-refractivity contribution in [3.8, 4) is 5.69 Å². The molecule has 3 rings (SSSR count). The van der Waals surface area contributed by atoms with Crippen LogP contribution in [-0.4, -0.2) is 21.9 Å². The second-order valence-electron chi connectivity index (χ2n) is 5.65. The highest BCUT2D eigenvalue weighted by atomic mass is 19.1. The fourth-order valence-electron chi connectivity index (χ4n) is 2.54. The number of nitrogens with zero attached hydrogens (tertiary/aromatic N) is 3. The van der Waals surface area contributed by atoms with Crippen molar-refractivity contribution >= 4 is 12.1 Å². The monoisotopic (exact) mass is 354 g/mol. The van der Waals surface area contributed by atoms with E-state index in [0.717, 1.165) is 5.69 Å². The number of aromatic nitrogens is 2. The van der Waals surface area contributed by atoms with E-state index >= 15 is 0 Å². The average Bonchev–Trinajstić information content (AvgIpc) is 2.91. The summed E-state index contributed by atoms with van der Waals surface area (Å²) in [6, 6.07) is 11.6. The SMILES string of the molecule is Cc1nn(-c2ccc(F)cc2)c(C)c1/C=N\NC(=O)c1ccccc1F. The number of carbonyl (C=O) groups excluding carboxylic acids is 1. The maximum absolute atomic E-state index is 13.6. The summed E-state index contributed by atoms with van der Waals surface area (Å²) < 4.78 is 28.3. The van der Waals surface area contributed by atoms with Gasteiger partial charge in [-0.3, -0.25) is 4.79 Å². The van der Waals surface area contributed by atoms with E-state index < -0.39 is 11.7 Å². The van der Waals surface area contributed by atoms with Crippen LogP contribution in [0.1, 0.15) is 27.3 Å². The van der Waals surface area contributed by atoms with E-state index in [4.69, 9.17) is 0 Å². The molecule has 3 aromatic rings. The molecule has 1 aromatic heterocycles. The van der Waals surface area contributed by atoms with E-state index in [2.05, 4.69) is 15.6 Å². The molecule has 0 atom stereocenters. The zero-order valence-corrected chi connectivity index (χ0v) is 14.2. The Labute approximate surface area is 149 Å². The number of aryl methyl sites for hydroxylation is 1. The third-order valence-electron chi connectivity index (χ3n) is 3.90. The number of hydrazone groups is 1. The zero-order chi connectivity index (χ0) is 18.7. The fraction of sp³-hybridized carbons (Fsp3) is 0.105. The van der Waals surface area contributed by atoms with Gasteiger partial charge in [0.2, 0.25) is 0 Å². The van der Waals surface area contributed by atoms with Crippen molar-refractivity contribution in [2.45, 2.75) is 13.8 Å². The molecule has 5 nitrogen and oxygen atoms in total. The van der Waals surface area contributed by atoms with Crippen molar-refractivity contribution in [2.75, 3.05) is 0 Å². The van der Waals surface area contributed by atoms with Crippen LogP contribution in [0.15, 0.2) is 53.6 Å². The van der Waals surface area contributed by atoms with Crippen LogP contribution in [0.5, 0.6) is 0 Å². The van der Waals surface area contributed by atoms with Gasteiger partial charge in [0.15, 0.2) is 0 Å². The van der Waals surface area contributed by atoms with E-state index in [1.54, 1.807) is 29.8 Å². The lowest BCUT2D eigenvalue weighted by molar-refractivity contribution is 0.0951. The summed E-state index contributed by atoms with van der Waals surface area (Å²) in [6.07, 6.45) is 1.45. The Balaban J connectivity index is 1.80. The summed E-state index contributed by atoms with van der Waals surface area (Å²) in [6.45, 7) is 3.64. The second-order valence-corrected chi connectivity index (χ2v) is 5.65. The van der Waals surface area contributed by atoms with Gasteiger partial charge in [0.1, 0.15) is 11.6 Å². The van der Waals surface area contributed by atoms with Gasteiger partial charge in [-0.05, 0) is 50.2 Å². The molecule has 0 spiro atoms. The minimum atomic E-state index is -0.638. The van der Waals surface area contributed by atoms with Crippen LogP contribution in [0.25, 0.3) is 5.69 Å². The van der Waals surface area contributed by atoms with Crippen LogP contribution in [0.3, 0.4) is 0 Å². The molecule has 0 fully saturated rings. The van der Waals surface area contributed by atoms with Crippen LogP contribution < -0.4 is 5.43 Å². The largest absolute Gasteiger partial charge is 0.274 e. The minimum Gasteiger partial charge on any atom is -0.267 e. The first-order valence-electron chi connectivity index (χ1n) is 7.87. The van der Waals surface area contributed by atoms with Crippen molar-refractivity contribution < 1.29 is 13.6 Å². The number of nitrogens with one attached hydrogen (secondary N) is 1. The molecule has 0 radical (unpaired) electrons. The molecular formula is C19H16F2N4O. The molecular weight excluding hydrogens is 338 g/mol. The summed E-state index contributed by atoms with van der Waals surface area (Å²) in [4.78, 5) is 12.0. The summed E-state index contributed by atoms with van der Waals surface area (Å²) in [7, 11) is 0. The Kier molecular flexibility index (Phi) is 4.88. The molecule has 0 bridgehead atoms. The highest BCUT2D eigenvalue weighted by Crippen LogP contribution is 2.16. The second kappa shape index (κ2) is 7.26. The quantitative estimate of drug-likeness (QED) is 0.576. The lowest BCUT2D eigenvalue weighted by Crippen LogP contribution is -2.19. The highest BCUT2D eigenvalue weighted by Gasteiger charge is 2.12. The van der Waals surface area contributed by atoms with Gasteiger partial charge in [-0.2, -0.15) is 10.2 Å². The molecule has 132 valence electrons. The van der Waals surface area contributed by atoms with Gasteiger partial charge in [-0.25, -0.2) is 18.9 Å². The number of carbonyl (C=O) groups is 1. The first kappa shape index (κ1) is 17.5. The number of rotatable bonds is 4. The third-order valence-corrected chi connectivity index (χ3v) is 3.90. The lowest BCUT2D eigenvalue weighted by Gasteiger charge is -2.04. The van der Waals surface area contributed by atoms with Gasteiger partial charge in [-0.1, -0.05) is 12.1 Å². The van der Waals surface area contributed by atoms with Crippen LogP contribution in [0.2, 0.25) is 0 Å². The number of amides is 1. The molecule has 26 heavy (non-hydrogen) atoms. The van der Waals surface area contributed by atoms with Crippen molar-refractivity contribution in [1.82, 2.24) is 15.2 Å². The van der Waals surface area contributed by atoms with Crippen LogP contribution in [0, 0.1) is 25.5 Å². The average molecular weight is 354 g/mol. The Morgan fingerprint density at radius 1 is 1.12 bits per heavy atom. The molecule has 0 aliphatic heterocycles. The first-order valence-corrected chi connectivity index (χ1v) is 7.87.